The molecule has 15 heavy (non-hydrogen) atoms. The fourth-order valence-electron chi connectivity index (χ4n) is 2.26. The van der Waals surface area contributed by atoms with E-state index >= 15 is 0 Å². The minimum absolute atomic E-state index is 0.270. The first kappa shape index (κ1) is 8.77. The number of carbonyl (C=O) groups is 1. The molecular formula is C12H14N2O. The molecule has 1 aromatic rings. The largest absolute Gasteiger partial charge is 0.397 e. The van der Waals surface area contributed by atoms with Crippen molar-refractivity contribution >= 4 is 17.3 Å². The molecule has 3 rings (SSSR count). The lowest BCUT2D eigenvalue weighted by atomic mass is 10.1. The van der Waals surface area contributed by atoms with E-state index in [1.165, 1.54) is 5.56 Å². The first-order valence-electron chi connectivity index (χ1n) is 5.46. The second-order valence-corrected chi connectivity index (χ2v) is 4.37. The van der Waals surface area contributed by atoms with Gasteiger partial charge in [0.2, 0.25) is 5.91 Å². The summed E-state index contributed by atoms with van der Waals surface area (Å²) in [6.07, 6.45) is 3.05. The molecule has 1 fully saturated rings. The van der Waals surface area contributed by atoms with E-state index in [1.54, 1.807) is 0 Å². The van der Waals surface area contributed by atoms with Gasteiger partial charge in [-0.05, 0) is 30.9 Å². The van der Waals surface area contributed by atoms with Crippen molar-refractivity contribution in [3.8, 4) is 0 Å². The highest BCUT2D eigenvalue weighted by atomic mass is 16.2. The van der Waals surface area contributed by atoms with Crippen LogP contribution < -0.4 is 10.6 Å². The zero-order chi connectivity index (χ0) is 10.4. The maximum absolute atomic E-state index is 12.0. The Morgan fingerprint density at radius 2 is 2.20 bits per heavy atom. The third kappa shape index (κ3) is 1.30. The molecule has 1 heterocycles. The number of amides is 1. The molecule has 0 unspecified atom stereocenters. The van der Waals surface area contributed by atoms with Crippen LogP contribution in [0.5, 0.6) is 0 Å². The number of fused-ring (bicyclic) bond motifs is 1. The monoisotopic (exact) mass is 202 g/mol. The van der Waals surface area contributed by atoms with Gasteiger partial charge in [0, 0.05) is 12.5 Å². The Kier molecular flexibility index (Phi) is 1.75. The van der Waals surface area contributed by atoms with Crippen LogP contribution in [0.4, 0.5) is 11.4 Å². The summed E-state index contributed by atoms with van der Waals surface area (Å²) in [6, 6.07) is 5.89. The maximum atomic E-state index is 12.0. The van der Waals surface area contributed by atoms with Crippen molar-refractivity contribution in [1.29, 1.82) is 0 Å². The number of para-hydroxylation sites is 1. The third-order valence-corrected chi connectivity index (χ3v) is 3.22. The van der Waals surface area contributed by atoms with E-state index in [-0.39, 0.29) is 11.8 Å². The summed E-state index contributed by atoms with van der Waals surface area (Å²) in [5.41, 5.74) is 8.84. The van der Waals surface area contributed by atoms with Crippen molar-refractivity contribution in [1.82, 2.24) is 0 Å². The predicted molar refractivity (Wildman–Crippen MR) is 59.6 cm³/mol. The van der Waals surface area contributed by atoms with Gasteiger partial charge < -0.3 is 10.6 Å². The van der Waals surface area contributed by atoms with Gasteiger partial charge in [0.25, 0.3) is 0 Å². The minimum Gasteiger partial charge on any atom is -0.397 e. The Balaban J connectivity index is 1.99. The molecule has 0 atom stereocenters. The lowest BCUT2D eigenvalue weighted by Gasteiger charge is -2.18. The summed E-state index contributed by atoms with van der Waals surface area (Å²) < 4.78 is 0. The number of carbonyl (C=O) groups excluding carboxylic acids is 1. The van der Waals surface area contributed by atoms with Crippen molar-refractivity contribution in [3.63, 3.8) is 0 Å². The molecule has 0 aromatic heterocycles. The van der Waals surface area contributed by atoms with Crippen LogP contribution in [-0.2, 0) is 11.2 Å². The standard InChI is InChI=1S/C12H14N2O/c13-10-3-1-2-8-6-7-14(11(8)10)12(15)9-4-5-9/h1-3,9H,4-7,13H2. The summed E-state index contributed by atoms with van der Waals surface area (Å²) in [4.78, 5) is 13.9. The van der Waals surface area contributed by atoms with E-state index in [9.17, 15) is 4.79 Å². The average molecular weight is 202 g/mol. The number of benzene rings is 1. The Morgan fingerprint density at radius 1 is 1.40 bits per heavy atom. The smallest absolute Gasteiger partial charge is 0.230 e. The molecule has 78 valence electrons. The van der Waals surface area contributed by atoms with Gasteiger partial charge in [0.05, 0.1) is 11.4 Å². The molecule has 3 nitrogen and oxygen atoms in total. The van der Waals surface area contributed by atoms with Crippen LogP contribution in [0.3, 0.4) is 0 Å². The molecule has 0 saturated heterocycles. The topological polar surface area (TPSA) is 46.3 Å². The molecule has 0 bridgehead atoms. The van der Waals surface area contributed by atoms with E-state index in [4.69, 9.17) is 5.73 Å². The quantitative estimate of drug-likeness (QED) is 0.702. The second kappa shape index (κ2) is 2.99. The van der Waals surface area contributed by atoms with Crippen molar-refractivity contribution in [2.75, 3.05) is 17.2 Å². The first-order valence-corrected chi connectivity index (χ1v) is 5.46. The molecule has 0 spiro atoms. The molecule has 3 heteroatoms. The normalized spacial score (nSPS) is 19.1. The Hall–Kier alpha value is -1.51. The van der Waals surface area contributed by atoms with Crippen LogP contribution in [0.25, 0.3) is 0 Å². The number of nitrogen functional groups attached to an aromatic ring is 1. The molecule has 2 aliphatic rings. The highest BCUT2D eigenvalue weighted by Crippen LogP contribution is 2.38. The lowest BCUT2D eigenvalue weighted by molar-refractivity contribution is -0.119. The van der Waals surface area contributed by atoms with Gasteiger partial charge in [-0.15, -0.1) is 0 Å². The lowest BCUT2D eigenvalue weighted by Crippen LogP contribution is -2.30. The van der Waals surface area contributed by atoms with Gasteiger partial charge in [-0.1, -0.05) is 12.1 Å². The van der Waals surface area contributed by atoms with Crippen LogP contribution in [0, 0.1) is 5.92 Å². The SMILES string of the molecule is Nc1cccc2c1N(C(=O)C1CC1)CC2. The van der Waals surface area contributed by atoms with Gasteiger partial charge in [-0.2, -0.15) is 0 Å². The van der Waals surface area contributed by atoms with Crippen molar-refractivity contribution in [2.24, 2.45) is 5.92 Å². The van der Waals surface area contributed by atoms with E-state index in [0.717, 1.165) is 37.2 Å². The van der Waals surface area contributed by atoms with Crippen LogP contribution in [0.1, 0.15) is 18.4 Å². The van der Waals surface area contributed by atoms with E-state index in [2.05, 4.69) is 6.07 Å². The maximum Gasteiger partial charge on any atom is 0.230 e. The van der Waals surface area contributed by atoms with Crippen LogP contribution in [0.15, 0.2) is 18.2 Å². The van der Waals surface area contributed by atoms with Gasteiger partial charge in [0.1, 0.15) is 0 Å². The zero-order valence-corrected chi connectivity index (χ0v) is 8.57. The van der Waals surface area contributed by atoms with Gasteiger partial charge in [0.15, 0.2) is 0 Å². The van der Waals surface area contributed by atoms with Crippen LogP contribution in [-0.4, -0.2) is 12.5 Å². The molecule has 1 saturated carbocycles. The summed E-state index contributed by atoms with van der Waals surface area (Å²) in [5, 5.41) is 0. The van der Waals surface area contributed by atoms with Crippen molar-refractivity contribution < 1.29 is 4.79 Å². The summed E-state index contributed by atoms with van der Waals surface area (Å²) in [7, 11) is 0. The fourth-order valence-corrected chi connectivity index (χ4v) is 2.26. The Bertz CT molecular complexity index is 424. The van der Waals surface area contributed by atoms with Crippen molar-refractivity contribution in [2.45, 2.75) is 19.3 Å². The first-order chi connectivity index (χ1) is 7.27. The number of anilines is 2. The minimum atomic E-state index is 0.270. The average Bonchev–Trinajstić information content (AvgIpc) is 2.98. The highest BCUT2D eigenvalue weighted by molar-refractivity contribution is 6.01. The molecule has 1 aliphatic heterocycles. The molecule has 2 N–H and O–H groups in total. The number of rotatable bonds is 1. The number of hydrogen-bond acceptors (Lipinski definition) is 2. The number of hydrogen-bond donors (Lipinski definition) is 1. The summed E-state index contributed by atoms with van der Waals surface area (Å²) in [6.45, 7) is 0.804. The number of nitrogens with two attached hydrogens (primary N) is 1. The Morgan fingerprint density at radius 3 is 2.93 bits per heavy atom. The summed E-state index contributed by atoms with van der Waals surface area (Å²) in [5.74, 6) is 0.544. The zero-order valence-electron chi connectivity index (χ0n) is 8.57. The summed E-state index contributed by atoms with van der Waals surface area (Å²) >= 11 is 0. The predicted octanol–water partition coefficient (Wildman–Crippen LogP) is 1.57. The fraction of sp³-hybridized carbons (Fsp3) is 0.417. The molecule has 1 aromatic carbocycles. The van der Waals surface area contributed by atoms with Gasteiger partial charge in [-0.25, -0.2) is 0 Å². The van der Waals surface area contributed by atoms with Crippen LogP contribution in [0.2, 0.25) is 0 Å². The van der Waals surface area contributed by atoms with Crippen molar-refractivity contribution in [3.05, 3.63) is 23.8 Å². The van der Waals surface area contributed by atoms with Crippen LogP contribution >= 0.6 is 0 Å². The number of nitrogens with zero attached hydrogens (tertiary/aromatic N) is 1. The van der Waals surface area contributed by atoms with Gasteiger partial charge in [-0.3, -0.25) is 4.79 Å². The molecule has 1 aliphatic carbocycles. The third-order valence-electron chi connectivity index (χ3n) is 3.22. The molecule has 1 amide bonds. The van der Waals surface area contributed by atoms with E-state index < -0.39 is 0 Å². The Labute approximate surface area is 88.9 Å². The van der Waals surface area contributed by atoms with E-state index in [0.29, 0.717) is 0 Å². The van der Waals surface area contributed by atoms with Gasteiger partial charge >= 0.3 is 0 Å². The molecule has 0 radical (unpaired) electrons. The van der Waals surface area contributed by atoms with E-state index in [1.807, 2.05) is 17.0 Å². The second-order valence-electron chi connectivity index (χ2n) is 4.37. The molecular weight excluding hydrogens is 188 g/mol. The highest BCUT2D eigenvalue weighted by Gasteiger charge is 2.37.